The van der Waals surface area contributed by atoms with Gasteiger partial charge in [0.15, 0.2) is 0 Å². The Morgan fingerprint density at radius 1 is 0.682 bits per heavy atom. The molecular formula is C12H21O6S3Sb. The zero-order valence-electron chi connectivity index (χ0n) is 12.6. The molecule has 128 valence electrons. The van der Waals surface area contributed by atoms with Gasteiger partial charge < -0.3 is 29.7 Å². The summed E-state index contributed by atoms with van der Waals surface area (Å²) in [5.41, 5.74) is 0. The van der Waals surface area contributed by atoms with Crippen LogP contribution < -0.4 is 15.3 Å². The van der Waals surface area contributed by atoms with Gasteiger partial charge in [0.25, 0.3) is 0 Å². The predicted octanol–water partition coefficient (Wildman–Crippen LogP) is -2.05. The van der Waals surface area contributed by atoms with Crippen molar-refractivity contribution in [1.82, 2.24) is 0 Å². The van der Waals surface area contributed by atoms with Gasteiger partial charge in [-0.2, -0.15) is 37.9 Å². The van der Waals surface area contributed by atoms with Gasteiger partial charge in [0, 0.05) is 15.7 Å². The average Bonchev–Trinajstić information content (AvgIpc) is 2.45. The predicted molar refractivity (Wildman–Crippen MR) is 90.0 cm³/mol. The van der Waals surface area contributed by atoms with E-state index in [4.69, 9.17) is 0 Å². The Labute approximate surface area is 165 Å². The zero-order valence-corrected chi connectivity index (χ0v) is 17.8. The number of carbonyl (C=O) groups is 3. The molecule has 0 amide bonds. The molecule has 0 aliphatic carbocycles. The van der Waals surface area contributed by atoms with Crippen molar-refractivity contribution in [1.29, 1.82) is 0 Å². The Kier molecular flexibility index (Phi) is 26.5. The Morgan fingerprint density at radius 3 is 0.818 bits per heavy atom. The van der Waals surface area contributed by atoms with Gasteiger partial charge >= 0.3 is 24.4 Å². The van der Waals surface area contributed by atoms with Crippen LogP contribution in [-0.2, 0) is 14.4 Å². The van der Waals surface area contributed by atoms with Gasteiger partial charge in [-0.3, -0.25) is 0 Å². The standard InChI is InChI=1S/3C4H8O2S.Sb/c3*1-2-3(7)4(5)6;/h3*3,7H,2H2,1H3,(H,5,6);/q;;;+3/p-3. The summed E-state index contributed by atoms with van der Waals surface area (Å²) in [4.78, 5) is 29.2. The first-order valence-electron chi connectivity index (χ1n) is 6.21. The molecule has 0 aromatic rings. The maximum atomic E-state index is 9.74. The Hall–Kier alpha value is 0.278. The van der Waals surface area contributed by atoms with E-state index in [9.17, 15) is 29.7 Å². The fraction of sp³-hybridized carbons (Fsp3) is 0.750. The number of hydrogen-bond donors (Lipinski definition) is 3. The van der Waals surface area contributed by atoms with E-state index in [0.29, 0.717) is 19.3 Å². The van der Waals surface area contributed by atoms with E-state index in [2.05, 4.69) is 37.9 Å². The van der Waals surface area contributed by atoms with Gasteiger partial charge in [-0.1, -0.05) is 20.8 Å². The maximum Gasteiger partial charge on any atom is 3.00 e. The van der Waals surface area contributed by atoms with Crippen LogP contribution in [0.1, 0.15) is 40.0 Å². The number of hydrogen-bond acceptors (Lipinski definition) is 9. The van der Waals surface area contributed by atoms with Crippen LogP contribution in [0.25, 0.3) is 0 Å². The van der Waals surface area contributed by atoms with E-state index in [1.54, 1.807) is 20.8 Å². The van der Waals surface area contributed by atoms with E-state index >= 15 is 0 Å². The van der Waals surface area contributed by atoms with Crippen molar-refractivity contribution in [2.45, 2.75) is 55.8 Å². The van der Waals surface area contributed by atoms with Gasteiger partial charge in [-0.05, 0) is 19.3 Å². The molecule has 0 saturated heterocycles. The summed E-state index contributed by atoms with van der Waals surface area (Å²) < 4.78 is 0. The molecule has 0 rings (SSSR count). The zero-order chi connectivity index (χ0) is 17.6. The SMILES string of the molecule is CCC(S)C(=O)[O-].CCC(S)C(=O)[O-].CCC(S)C(=O)[O-].[Sb+3]. The molecule has 0 aromatic carbocycles. The molecule has 0 aliphatic heterocycles. The third kappa shape index (κ3) is 22.6. The smallest absolute Gasteiger partial charge is 0.549 e. The second-order valence-corrected chi connectivity index (χ2v) is 5.60. The molecule has 0 bridgehead atoms. The van der Waals surface area contributed by atoms with Crippen molar-refractivity contribution in [2.75, 3.05) is 0 Å². The molecule has 0 aromatic heterocycles. The molecule has 10 heteroatoms. The van der Waals surface area contributed by atoms with Gasteiger partial charge in [0.05, 0.1) is 17.9 Å². The Morgan fingerprint density at radius 2 is 0.818 bits per heavy atom. The molecule has 0 aliphatic rings. The summed E-state index contributed by atoms with van der Waals surface area (Å²) in [6.45, 7) is 5.23. The monoisotopic (exact) mass is 478 g/mol. The van der Waals surface area contributed by atoms with Gasteiger partial charge in [-0.15, -0.1) is 0 Å². The summed E-state index contributed by atoms with van der Waals surface area (Å²) in [6, 6.07) is 0. The molecule has 2 radical (unpaired) electrons. The minimum atomic E-state index is -1.09. The minimum absolute atomic E-state index is 0. The van der Waals surface area contributed by atoms with Crippen molar-refractivity contribution in [3.8, 4) is 0 Å². The summed E-state index contributed by atoms with van der Waals surface area (Å²) >= 11 is 11.0. The summed E-state index contributed by atoms with van der Waals surface area (Å²) in [5, 5.41) is 27.4. The van der Waals surface area contributed by atoms with Crippen molar-refractivity contribution >= 4 is 80.2 Å². The van der Waals surface area contributed by atoms with E-state index in [-0.39, 0.29) is 24.4 Å². The molecular weight excluding hydrogens is 458 g/mol. The molecule has 6 nitrogen and oxygen atoms in total. The number of carbonyl (C=O) groups excluding carboxylic acids is 3. The van der Waals surface area contributed by atoms with E-state index in [1.807, 2.05) is 0 Å². The van der Waals surface area contributed by atoms with E-state index in [0.717, 1.165) is 0 Å². The molecule has 3 atom stereocenters. The van der Waals surface area contributed by atoms with Crippen LogP contribution in [0.5, 0.6) is 0 Å². The fourth-order valence-electron chi connectivity index (χ4n) is 0.500. The van der Waals surface area contributed by atoms with E-state index < -0.39 is 33.7 Å². The largest absolute Gasteiger partial charge is 3.00 e. The van der Waals surface area contributed by atoms with Crippen LogP contribution >= 0.6 is 37.9 Å². The first-order valence-corrected chi connectivity index (χ1v) is 7.76. The minimum Gasteiger partial charge on any atom is -0.549 e. The van der Waals surface area contributed by atoms with Gasteiger partial charge in [0.1, 0.15) is 0 Å². The molecule has 0 fully saturated rings. The first kappa shape index (κ1) is 30.2. The number of aliphatic carboxylic acids is 3. The number of carboxylic acids is 3. The molecule has 3 unspecified atom stereocenters. The van der Waals surface area contributed by atoms with Crippen LogP contribution in [0.3, 0.4) is 0 Å². The van der Waals surface area contributed by atoms with Crippen molar-refractivity contribution in [3.05, 3.63) is 0 Å². The number of thiol groups is 3. The first-order chi connectivity index (χ1) is 9.54. The topological polar surface area (TPSA) is 120 Å². The van der Waals surface area contributed by atoms with E-state index in [1.165, 1.54) is 0 Å². The fourth-order valence-corrected chi connectivity index (χ4v) is 0.500. The third-order valence-electron chi connectivity index (χ3n) is 1.98. The second kappa shape index (κ2) is 19.3. The van der Waals surface area contributed by atoms with Crippen molar-refractivity contribution in [2.24, 2.45) is 0 Å². The van der Waals surface area contributed by atoms with Gasteiger partial charge in [0.2, 0.25) is 0 Å². The quantitative estimate of drug-likeness (QED) is 0.298. The molecule has 0 saturated carbocycles. The number of rotatable bonds is 6. The van der Waals surface area contributed by atoms with Gasteiger partial charge in [-0.25, -0.2) is 0 Å². The van der Waals surface area contributed by atoms with Crippen LogP contribution in [0, 0.1) is 0 Å². The van der Waals surface area contributed by atoms with Crippen molar-refractivity contribution in [3.63, 3.8) is 0 Å². The summed E-state index contributed by atoms with van der Waals surface area (Å²) in [7, 11) is 0. The third-order valence-corrected chi connectivity index (χ3v) is 3.70. The van der Waals surface area contributed by atoms with Crippen molar-refractivity contribution < 1.29 is 29.7 Å². The second-order valence-electron chi connectivity index (χ2n) is 3.73. The Bertz CT molecular complexity index is 270. The number of carboxylic acid groups (broad SMARTS) is 3. The molecule has 0 N–H and O–H groups in total. The van der Waals surface area contributed by atoms with Crippen LogP contribution in [0.15, 0.2) is 0 Å². The molecule has 22 heavy (non-hydrogen) atoms. The Balaban J connectivity index is -0.000000108. The van der Waals surface area contributed by atoms with Crippen LogP contribution in [0.4, 0.5) is 0 Å². The summed E-state index contributed by atoms with van der Waals surface area (Å²) in [5.74, 6) is -3.28. The normalized spacial score (nSPS) is 12.8. The average molecular weight is 479 g/mol. The molecule has 0 spiro atoms. The van der Waals surface area contributed by atoms with Crippen LogP contribution in [-0.4, -0.2) is 58.1 Å². The maximum absolute atomic E-state index is 9.74. The van der Waals surface area contributed by atoms with Crippen LogP contribution in [0.2, 0.25) is 0 Å². The molecule has 0 heterocycles. The summed E-state index contributed by atoms with van der Waals surface area (Å²) in [6.07, 6.45) is 1.56.